The van der Waals surface area contributed by atoms with Crippen LogP contribution in [-0.2, 0) is 22.4 Å². The van der Waals surface area contributed by atoms with Crippen molar-refractivity contribution in [3.8, 4) is 5.69 Å². The van der Waals surface area contributed by atoms with Gasteiger partial charge in [0.2, 0.25) is 0 Å². The van der Waals surface area contributed by atoms with Gasteiger partial charge in [0.15, 0.2) is 11.8 Å². The number of esters is 1. The van der Waals surface area contributed by atoms with Crippen LogP contribution in [0.1, 0.15) is 42.0 Å². The summed E-state index contributed by atoms with van der Waals surface area (Å²) in [6, 6.07) is 4.77. The number of halogens is 1. The predicted octanol–water partition coefficient (Wildman–Crippen LogP) is 1.88. The first-order valence-corrected chi connectivity index (χ1v) is 8.96. The van der Waals surface area contributed by atoms with Crippen LogP contribution < -0.4 is 11.1 Å². The third-order valence-electron chi connectivity index (χ3n) is 4.54. The summed E-state index contributed by atoms with van der Waals surface area (Å²) >= 11 is 0. The normalized spacial score (nSPS) is 13.9. The molecule has 1 aromatic carbocycles. The zero-order valence-electron chi connectivity index (χ0n) is 15.6. The van der Waals surface area contributed by atoms with Crippen LogP contribution in [0, 0.1) is 11.7 Å². The standard InChI is InChI=1S/C19H21FN4O4/c1-10(2)16(17(25)22-19(21)27)28-18(26)15-13-4-3-5-14(13)24(23-15)12-8-6-11(20)7-9-12/h6-10,16H,3-5H2,1-2H3,(H3,21,22,25,27). The molecule has 3 N–H and O–H groups in total. The molecule has 3 rings (SSSR count). The molecule has 1 unspecified atom stereocenters. The van der Waals surface area contributed by atoms with Gasteiger partial charge in [0.25, 0.3) is 5.91 Å². The summed E-state index contributed by atoms with van der Waals surface area (Å²) in [4.78, 5) is 35.8. The Hall–Kier alpha value is -3.23. The highest BCUT2D eigenvalue weighted by Crippen LogP contribution is 2.28. The van der Waals surface area contributed by atoms with Crippen LogP contribution in [0.2, 0.25) is 0 Å². The van der Waals surface area contributed by atoms with Crippen molar-refractivity contribution in [3.63, 3.8) is 0 Å². The van der Waals surface area contributed by atoms with E-state index < -0.39 is 24.0 Å². The number of benzene rings is 1. The molecular weight excluding hydrogens is 367 g/mol. The van der Waals surface area contributed by atoms with E-state index in [1.54, 1.807) is 30.7 Å². The first-order valence-electron chi connectivity index (χ1n) is 8.96. The van der Waals surface area contributed by atoms with Gasteiger partial charge in [-0.2, -0.15) is 5.10 Å². The van der Waals surface area contributed by atoms with E-state index in [0.29, 0.717) is 12.1 Å². The van der Waals surface area contributed by atoms with Crippen molar-refractivity contribution >= 4 is 17.9 Å². The number of hydrogen-bond acceptors (Lipinski definition) is 5. The monoisotopic (exact) mass is 388 g/mol. The Morgan fingerprint density at radius 3 is 2.50 bits per heavy atom. The molecule has 148 valence electrons. The van der Waals surface area contributed by atoms with Crippen LogP contribution in [-0.4, -0.2) is 33.8 Å². The highest BCUT2D eigenvalue weighted by atomic mass is 19.1. The summed E-state index contributed by atoms with van der Waals surface area (Å²) < 4.78 is 20.2. The van der Waals surface area contributed by atoms with Gasteiger partial charge in [-0.3, -0.25) is 10.1 Å². The summed E-state index contributed by atoms with van der Waals surface area (Å²) in [6.07, 6.45) is 1.04. The molecule has 1 atom stereocenters. The van der Waals surface area contributed by atoms with E-state index in [9.17, 15) is 18.8 Å². The van der Waals surface area contributed by atoms with Crippen molar-refractivity contribution < 1.29 is 23.5 Å². The lowest BCUT2D eigenvalue weighted by Crippen LogP contribution is -2.45. The number of carbonyl (C=O) groups excluding carboxylic acids is 3. The molecule has 3 amide bonds. The van der Waals surface area contributed by atoms with Crippen molar-refractivity contribution in [2.24, 2.45) is 11.7 Å². The number of imide groups is 1. The molecule has 0 spiro atoms. The van der Waals surface area contributed by atoms with Gasteiger partial charge in [-0.1, -0.05) is 13.8 Å². The molecular formula is C19H21FN4O4. The number of nitrogens with two attached hydrogens (primary N) is 1. The fraction of sp³-hybridized carbons (Fsp3) is 0.368. The summed E-state index contributed by atoms with van der Waals surface area (Å²) in [5.74, 6) is -2.29. The molecule has 1 aliphatic rings. The van der Waals surface area contributed by atoms with Crippen LogP contribution in [0.4, 0.5) is 9.18 Å². The highest BCUT2D eigenvalue weighted by Gasteiger charge is 2.32. The van der Waals surface area contributed by atoms with E-state index >= 15 is 0 Å². The van der Waals surface area contributed by atoms with E-state index in [2.05, 4.69) is 5.10 Å². The zero-order valence-corrected chi connectivity index (χ0v) is 15.6. The van der Waals surface area contributed by atoms with Crippen molar-refractivity contribution in [2.75, 3.05) is 0 Å². The maximum atomic E-state index is 13.2. The van der Waals surface area contributed by atoms with Gasteiger partial charge in [0.1, 0.15) is 5.82 Å². The minimum absolute atomic E-state index is 0.120. The molecule has 1 aliphatic carbocycles. The second-order valence-corrected chi connectivity index (χ2v) is 6.94. The Kier molecular flexibility index (Phi) is 5.43. The molecule has 0 bridgehead atoms. The second kappa shape index (κ2) is 7.79. The number of primary amides is 1. The Morgan fingerprint density at radius 2 is 1.89 bits per heavy atom. The van der Waals surface area contributed by atoms with Crippen molar-refractivity contribution in [3.05, 3.63) is 47.0 Å². The molecule has 28 heavy (non-hydrogen) atoms. The number of amides is 3. The van der Waals surface area contributed by atoms with E-state index in [1.165, 1.54) is 12.1 Å². The molecule has 2 aromatic rings. The van der Waals surface area contributed by atoms with Gasteiger partial charge in [-0.05, 0) is 49.4 Å². The number of rotatable bonds is 5. The van der Waals surface area contributed by atoms with E-state index in [0.717, 1.165) is 24.1 Å². The fourth-order valence-corrected chi connectivity index (χ4v) is 3.25. The maximum Gasteiger partial charge on any atom is 0.359 e. The van der Waals surface area contributed by atoms with Gasteiger partial charge in [0.05, 0.1) is 5.69 Å². The molecule has 0 saturated heterocycles. The second-order valence-electron chi connectivity index (χ2n) is 6.94. The van der Waals surface area contributed by atoms with Crippen LogP contribution >= 0.6 is 0 Å². The lowest BCUT2D eigenvalue weighted by molar-refractivity contribution is -0.130. The molecule has 0 fully saturated rings. The van der Waals surface area contributed by atoms with Gasteiger partial charge in [-0.25, -0.2) is 18.7 Å². The molecule has 1 aromatic heterocycles. The summed E-state index contributed by atoms with van der Waals surface area (Å²) in [5.41, 5.74) is 7.34. The lowest BCUT2D eigenvalue weighted by atomic mass is 10.1. The predicted molar refractivity (Wildman–Crippen MR) is 97.3 cm³/mol. The molecule has 8 nitrogen and oxygen atoms in total. The number of hydrogen-bond donors (Lipinski definition) is 2. The Morgan fingerprint density at radius 1 is 1.21 bits per heavy atom. The number of nitrogens with one attached hydrogen (secondary N) is 1. The quantitative estimate of drug-likeness (QED) is 0.759. The first-order chi connectivity index (χ1) is 13.3. The largest absolute Gasteiger partial charge is 0.447 e. The Labute approximate surface area is 160 Å². The molecule has 9 heteroatoms. The van der Waals surface area contributed by atoms with Gasteiger partial charge in [0, 0.05) is 11.3 Å². The third-order valence-corrected chi connectivity index (χ3v) is 4.54. The summed E-state index contributed by atoms with van der Waals surface area (Å²) in [5, 5.41) is 6.29. The lowest BCUT2D eigenvalue weighted by Gasteiger charge is -2.19. The van der Waals surface area contributed by atoms with E-state index in [1.807, 2.05) is 5.32 Å². The maximum absolute atomic E-state index is 13.2. The average Bonchev–Trinajstić information content (AvgIpc) is 3.21. The van der Waals surface area contributed by atoms with Crippen molar-refractivity contribution in [1.82, 2.24) is 15.1 Å². The number of urea groups is 1. The van der Waals surface area contributed by atoms with Crippen LogP contribution in [0.25, 0.3) is 5.69 Å². The molecule has 0 saturated carbocycles. The van der Waals surface area contributed by atoms with Gasteiger partial charge < -0.3 is 10.5 Å². The third kappa shape index (κ3) is 3.88. The van der Waals surface area contributed by atoms with Crippen molar-refractivity contribution in [2.45, 2.75) is 39.2 Å². The van der Waals surface area contributed by atoms with E-state index in [-0.39, 0.29) is 17.4 Å². The zero-order chi connectivity index (χ0) is 20.4. The molecule has 0 radical (unpaired) electrons. The first kappa shape index (κ1) is 19.5. The van der Waals surface area contributed by atoms with Crippen molar-refractivity contribution in [1.29, 1.82) is 0 Å². The number of nitrogens with zero attached hydrogens (tertiary/aromatic N) is 2. The number of carbonyl (C=O) groups is 3. The number of ether oxygens (including phenoxy) is 1. The smallest absolute Gasteiger partial charge is 0.359 e. The highest BCUT2D eigenvalue weighted by molar-refractivity contribution is 5.98. The van der Waals surface area contributed by atoms with Crippen LogP contribution in [0.3, 0.4) is 0 Å². The van der Waals surface area contributed by atoms with Gasteiger partial charge >= 0.3 is 12.0 Å². The summed E-state index contributed by atoms with van der Waals surface area (Å²) in [7, 11) is 0. The fourth-order valence-electron chi connectivity index (χ4n) is 3.25. The molecule has 0 aliphatic heterocycles. The Bertz CT molecular complexity index is 921. The number of fused-ring (bicyclic) bond motifs is 1. The average molecular weight is 388 g/mol. The van der Waals surface area contributed by atoms with Crippen LogP contribution in [0.15, 0.2) is 24.3 Å². The minimum Gasteiger partial charge on any atom is -0.447 e. The number of aromatic nitrogens is 2. The van der Waals surface area contributed by atoms with E-state index in [4.69, 9.17) is 10.5 Å². The minimum atomic E-state index is -1.19. The van der Waals surface area contributed by atoms with Crippen LogP contribution in [0.5, 0.6) is 0 Å². The molecule has 1 heterocycles. The summed E-state index contributed by atoms with van der Waals surface area (Å²) in [6.45, 7) is 3.36. The SMILES string of the molecule is CC(C)C(OC(=O)c1nn(-c2ccc(F)cc2)c2c1CCC2)C(=O)NC(N)=O. The van der Waals surface area contributed by atoms with Gasteiger partial charge in [-0.15, -0.1) is 0 Å². The Balaban J connectivity index is 1.90. The topological polar surface area (TPSA) is 116 Å².